The van der Waals surface area contributed by atoms with Crippen molar-refractivity contribution >= 4 is 28.9 Å². The average Bonchev–Trinajstić information content (AvgIpc) is 3.59. The van der Waals surface area contributed by atoms with Crippen molar-refractivity contribution in [2.75, 3.05) is 30.1 Å². The number of aromatic nitrogens is 3. The van der Waals surface area contributed by atoms with E-state index in [1.165, 1.54) is 0 Å². The zero-order valence-electron chi connectivity index (χ0n) is 25.2. The predicted octanol–water partition coefficient (Wildman–Crippen LogP) is 3.90. The van der Waals surface area contributed by atoms with Gasteiger partial charge in [0, 0.05) is 42.9 Å². The van der Waals surface area contributed by atoms with Crippen molar-refractivity contribution in [2.45, 2.75) is 38.5 Å². The van der Waals surface area contributed by atoms with Gasteiger partial charge in [0.1, 0.15) is 11.5 Å². The molecule has 0 radical (unpaired) electrons. The third-order valence-corrected chi connectivity index (χ3v) is 8.26. The number of amides is 2. The molecule has 232 valence electrons. The quantitative estimate of drug-likeness (QED) is 0.245. The average molecular weight is 610 g/mol. The molecule has 11 nitrogen and oxygen atoms in total. The van der Waals surface area contributed by atoms with Gasteiger partial charge in [-0.3, -0.25) is 19.2 Å². The highest BCUT2D eigenvalue weighted by Gasteiger charge is 2.52. The van der Waals surface area contributed by atoms with E-state index >= 15 is 0 Å². The lowest BCUT2D eigenvalue weighted by Gasteiger charge is -2.30. The van der Waals surface area contributed by atoms with Gasteiger partial charge < -0.3 is 24.6 Å². The van der Waals surface area contributed by atoms with Crippen LogP contribution in [0.3, 0.4) is 0 Å². The Balaban J connectivity index is 1.25. The van der Waals surface area contributed by atoms with E-state index in [2.05, 4.69) is 10.3 Å². The highest BCUT2D eigenvalue weighted by molar-refractivity contribution is 6.07. The van der Waals surface area contributed by atoms with E-state index in [1.54, 1.807) is 46.0 Å². The van der Waals surface area contributed by atoms with Crippen LogP contribution in [0.4, 0.5) is 17.1 Å². The standard InChI is InChI=1S/C34H35N5O6/c1-23(8-5-6-16-37-21-25(15-17-40)35-36-37)34(43)28-19-27(44-2)13-14-29(28)38(33(34)42)20-24-9-7-10-26(18-24)39-30-11-3-4-12-31(30)45-22-32(39)41/h3-5,7-14,18-19,21,23,40,43H,6,15-17,20,22H2,1-2H3/b8-5+/t23-,34+/m0/s1. The molecule has 3 aromatic carbocycles. The highest BCUT2D eigenvalue weighted by Crippen LogP contribution is 2.47. The zero-order chi connectivity index (χ0) is 31.6. The molecule has 11 heteroatoms. The van der Waals surface area contributed by atoms with Gasteiger partial charge in [0.25, 0.3) is 11.8 Å². The first kappa shape index (κ1) is 30.0. The van der Waals surface area contributed by atoms with E-state index in [-0.39, 0.29) is 25.7 Å². The Kier molecular flexibility index (Phi) is 8.38. The zero-order valence-corrected chi connectivity index (χ0v) is 25.2. The lowest BCUT2D eigenvalue weighted by molar-refractivity contribution is -0.139. The number of rotatable bonds is 11. The summed E-state index contributed by atoms with van der Waals surface area (Å²) in [5.41, 5.74) is 2.09. The molecule has 0 fully saturated rings. The molecule has 2 atom stereocenters. The number of para-hydroxylation sites is 2. The number of allylic oxidation sites excluding steroid dienone is 1. The fourth-order valence-corrected chi connectivity index (χ4v) is 5.90. The normalized spacial score (nSPS) is 18.2. The molecule has 4 aromatic rings. The second kappa shape index (κ2) is 12.5. The van der Waals surface area contributed by atoms with Crippen LogP contribution >= 0.6 is 0 Å². The van der Waals surface area contributed by atoms with Gasteiger partial charge in [-0.15, -0.1) is 5.10 Å². The number of methoxy groups -OCH3 is 1. The molecule has 0 unspecified atom stereocenters. The summed E-state index contributed by atoms with van der Waals surface area (Å²) in [4.78, 5) is 30.3. The summed E-state index contributed by atoms with van der Waals surface area (Å²) < 4.78 is 12.8. The maximum absolute atomic E-state index is 14.1. The van der Waals surface area contributed by atoms with Gasteiger partial charge in [-0.2, -0.15) is 0 Å². The molecular weight excluding hydrogens is 574 g/mol. The summed E-state index contributed by atoms with van der Waals surface area (Å²) in [6.45, 7) is 2.52. The number of benzene rings is 3. The lowest BCUT2D eigenvalue weighted by atomic mass is 9.83. The van der Waals surface area contributed by atoms with Crippen LogP contribution in [0, 0.1) is 5.92 Å². The van der Waals surface area contributed by atoms with Gasteiger partial charge in [-0.1, -0.05) is 48.6 Å². The van der Waals surface area contributed by atoms with Gasteiger partial charge in [0.2, 0.25) is 0 Å². The van der Waals surface area contributed by atoms with Gasteiger partial charge in [-0.25, -0.2) is 0 Å². The summed E-state index contributed by atoms with van der Waals surface area (Å²) in [6.07, 6.45) is 6.63. The number of carbonyl (C=O) groups is 2. The Morgan fingerprint density at radius 1 is 1.09 bits per heavy atom. The number of hydrogen-bond donors (Lipinski definition) is 2. The van der Waals surface area contributed by atoms with E-state index < -0.39 is 17.4 Å². The third kappa shape index (κ3) is 5.67. The van der Waals surface area contributed by atoms with Crippen molar-refractivity contribution in [1.29, 1.82) is 0 Å². The largest absolute Gasteiger partial charge is 0.497 e. The summed E-state index contributed by atoms with van der Waals surface area (Å²) in [5, 5.41) is 29.3. The first-order valence-electron chi connectivity index (χ1n) is 14.9. The molecule has 6 rings (SSSR count). The SMILES string of the molecule is COc1ccc2c(c1)[C@](O)([C@@H](C)/C=C/CCn1cc(CCO)nn1)C(=O)N2Cc1cccc(N2C(=O)COc3ccccc32)c1. The molecule has 2 aliphatic rings. The Bertz CT molecular complexity index is 1750. The molecule has 0 aliphatic carbocycles. The Hall–Kier alpha value is -5.00. The molecule has 0 saturated heterocycles. The second-order valence-electron chi connectivity index (χ2n) is 11.1. The number of fused-ring (bicyclic) bond motifs is 2. The van der Waals surface area contributed by atoms with Crippen molar-refractivity contribution in [3.8, 4) is 11.5 Å². The number of ether oxygens (including phenoxy) is 2. The minimum atomic E-state index is -1.82. The van der Waals surface area contributed by atoms with E-state index in [1.807, 2.05) is 67.6 Å². The van der Waals surface area contributed by atoms with E-state index in [4.69, 9.17) is 14.6 Å². The smallest absolute Gasteiger partial charge is 0.269 e. The Morgan fingerprint density at radius 3 is 2.76 bits per heavy atom. The second-order valence-corrected chi connectivity index (χ2v) is 11.1. The van der Waals surface area contributed by atoms with Crippen LogP contribution in [0.1, 0.15) is 30.2 Å². The van der Waals surface area contributed by atoms with Crippen LogP contribution in [0.5, 0.6) is 11.5 Å². The van der Waals surface area contributed by atoms with Crippen molar-refractivity contribution in [3.63, 3.8) is 0 Å². The van der Waals surface area contributed by atoms with Crippen molar-refractivity contribution in [2.24, 2.45) is 5.92 Å². The van der Waals surface area contributed by atoms with Crippen molar-refractivity contribution in [1.82, 2.24) is 15.0 Å². The van der Waals surface area contributed by atoms with Crippen LogP contribution in [-0.4, -0.2) is 57.3 Å². The molecule has 1 aromatic heterocycles. The minimum absolute atomic E-state index is 0.0134. The first-order valence-corrected chi connectivity index (χ1v) is 14.9. The monoisotopic (exact) mass is 609 g/mol. The van der Waals surface area contributed by atoms with Crippen molar-refractivity contribution in [3.05, 3.63) is 102 Å². The van der Waals surface area contributed by atoms with Crippen LogP contribution in [0.2, 0.25) is 0 Å². The summed E-state index contributed by atoms with van der Waals surface area (Å²) in [7, 11) is 1.55. The number of aliphatic hydroxyl groups excluding tert-OH is 1. The minimum Gasteiger partial charge on any atom is -0.497 e. The molecule has 0 spiro atoms. The number of aryl methyl sites for hydroxylation is 1. The first-order chi connectivity index (χ1) is 21.8. The molecule has 45 heavy (non-hydrogen) atoms. The van der Waals surface area contributed by atoms with Crippen LogP contribution in [0.15, 0.2) is 85.1 Å². The van der Waals surface area contributed by atoms with E-state index in [0.29, 0.717) is 53.5 Å². The number of anilines is 3. The maximum Gasteiger partial charge on any atom is 0.269 e. The Labute approximate surface area is 260 Å². The summed E-state index contributed by atoms with van der Waals surface area (Å²) in [5.74, 6) is -0.0272. The number of aliphatic hydroxyl groups is 2. The molecule has 2 amide bonds. The van der Waals surface area contributed by atoms with Crippen LogP contribution < -0.4 is 19.3 Å². The van der Waals surface area contributed by atoms with Gasteiger partial charge in [0.15, 0.2) is 12.2 Å². The van der Waals surface area contributed by atoms with Gasteiger partial charge >= 0.3 is 0 Å². The van der Waals surface area contributed by atoms with Crippen LogP contribution in [-0.2, 0) is 34.7 Å². The van der Waals surface area contributed by atoms with Crippen LogP contribution in [0.25, 0.3) is 0 Å². The molecule has 0 bridgehead atoms. The predicted molar refractivity (Wildman–Crippen MR) is 167 cm³/mol. The molecular formula is C34H35N5O6. The number of nitrogens with zero attached hydrogens (tertiary/aromatic N) is 5. The number of hydrogen-bond acceptors (Lipinski definition) is 8. The lowest BCUT2D eigenvalue weighted by Crippen LogP contribution is -2.44. The van der Waals surface area contributed by atoms with E-state index in [9.17, 15) is 14.7 Å². The van der Waals surface area contributed by atoms with E-state index in [0.717, 1.165) is 11.3 Å². The molecule has 3 heterocycles. The van der Waals surface area contributed by atoms with Gasteiger partial charge in [0.05, 0.1) is 30.7 Å². The topological polar surface area (TPSA) is 130 Å². The summed E-state index contributed by atoms with van der Waals surface area (Å²) in [6, 6.07) is 20.1. The molecule has 2 aliphatic heterocycles. The molecule has 0 saturated carbocycles. The maximum atomic E-state index is 14.1. The summed E-state index contributed by atoms with van der Waals surface area (Å²) >= 11 is 0. The van der Waals surface area contributed by atoms with Gasteiger partial charge in [-0.05, 0) is 54.4 Å². The Morgan fingerprint density at radius 2 is 1.93 bits per heavy atom. The number of carbonyl (C=O) groups excluding carboxylic acids is 2. The third-order valence-electron chi connectivity index (χ3n) is 8.26. The van der Waals surface area contributed by atoms with Crippen molar-refractivity contribution < 1.29 is 29.3 Å². The highest BCUT2D eigenvalue weighted by atomic mass is 16.5. The fraction of sp³-hybridized carbons (Fsp3) is 0.294. The fourth-order valence-electron chi connectivity index (χ4n) is 5.90. The molecule has 2 N–H and O–H groups in total.